The van der Waals surface area contributed by atoms with Gasteiger partial charge in [-0.15, -0.1) is 0 Å². The maximum Gasteiger partial charge on any atom is 0.217 e. The second-order valence-corrected chi connectivity index (χ2v) is 1.54. The molecule has 0 aromatic heterocycles. The Morgan fingerprint density at radius 1 is 1.88 bits per heavy atom. The summed E-state index contributed by atoms with van der Waals surface area (Å²) in [7, 11) is 0. The molecule has 0 aliphatic carbocycles. The summed E-state index contributed by atoms with van der Waals surface area (Å²) < 4.78 is 0. The number of rotatable bonds is 3. The van der Waals surface area contributed by atoms with Crippen molar-refractivity contribution in [2.24, 2.45) is 0 Å². The van der Waals surface area contributed by atoms with Gasteiger partial charge in [-0.2, -0.15) is 0 Å². The summed E-state index contributed by atoms with van der Waals surface area (Å²) in [6, 6.07) is -0.729. The summed E-state index contributed by atoms with van der Waals surface area (Å²) >= 11 is 0. The number of aldehydes is 1. The summed E-state index contributed by atoms with van der Waals surface area (Å²) in [4.78, 5) is 18.9. The van der Waals surface area contributed by atoms with Gasteiger partial charge in [0.2, 0.25) is 6.04 Å². The standard InChI is InChI=1S/C4H7NO3/c1-4(2-3-6)5(7)8/h3-4H,2H2,1H3. The number of carbonyl (C=O) groups is 1. The second kappa shape index (κ2) is 3.12. The van der Waals surface area contributed by atoms with Gasteiger partial charge < -0.3 is 4.79 Å². The highest BCUT2D eigenvalue weighted by atomic mass is 16.6. The van der Waals surface area contributed by atoms with Gasteiger partial charge in [0, 0.05) is 11.8 Å². The number of nitrogens with zero attached hydrogens (tertiary/aromatic N) is 1. The molecule has 0 saturated carbocycles. The lowest BCUT2D eigenvalue weighted by atomic mass is 10.3. The third kappa shape index (κ3) is 2.28. The molecular weight excluding hydrogens is 110 g/mol. The molecule has 0 N–H and O–H groups in total. The monoisotopic (exact) mass is 117 g/mol. The largest absolute Gasteiger partial charge is 0.303 e. The van der Waals surface area contributed by atoms with Crippen LogP contribution in [0.1, 0.15) is 13.3 Å². The molecule has 0 aromatic carbocycles. The molecule has 0 amide bonds. The van der Waals surface area contributed by atoms with E-state index in [1.165, 1.54) is 6.92 Å². The van der Waals surface area contributed by atoms with Gasteiger partial charge in [0.15, 0.2) is 0 Å². The minimum atomic E-state index is -0.729. The van der Waals surface area contributed by atoms with E-state index in [4.69, 9.17) is 0 Å². The molecule has 0 radical (unpaired) electrons. The van der Waals surface area contributed by atoms with Gasteiger partial charge in [0.25, 0.3) is 0 Å². The predicted octanol–water partition coefficient (Wildman–Crippen LogP) is 0.241. The molecule has 4 heteroatoms. The average Bonchev–Trinajstić information content (AvgIpc) is 1.67. The minimum Gasteiger partial charge on any atom is -0.303 e. The molecule has 0 aliphatic rings. The fraction of sp³-hybridized carbons (Fsp3) is 0.750. The topological polar surface area (TPSA) is 60.2 Å². The van der Waals surface area contributed by atoms with E-state index >= 15 is 0 Å². The van der Waals surface area contributed by atoms with Crippen LogP contribution in [0.3, 0.4) is 0 Å². The fourth-order valence-corrected chi connectivity index (χ4v) is 0.225. The fourth-order valence-electron chi connectivity index (χ4n) is 0.225. The molecule has 0 aromatic rings. The van der Waals surface area contributed by atoms with E-state index < -0.39 is 11.0 Å². The number of carbonyl (C=O) groups excluding carboxylic acids is 1. The zero-order chi connectivity index (χ0) is 6.57. The van der Waals surface area contributed by atoms with E-state index in [1.807, 2.05) is 0 Å². The average molecular weight is 117 g/mol. The Bertz CT molecular complexity index is 101. The molecule has 0 rings (SSSR count). The maximum atomic E-state index is 9.74. The Morgan fingerprint density at radius 3 is 2.50 bits per heavy atom. The van der Waals surface area contributed by atoms with Crippen molar-refractivity contribution in [2.75, 3.05) is 0 Å². The molecule has 0 heterocycles. The van der Waals surface area contributed by atoms with Crippen LogP contribution in [-0.2, 0) is 4.79 Å². The lowest BCUT2D eigenvalue weighted by Gasteiger charge is -1.94. The van der Waals surface area contributed by atoms with E-state index in [9.17, 15) is 14.9 Å². The van der Waals surface area contributed by atoms with Crippen molar-refractivity contribution < 1.29 is 9.72 Å². The van der Waals surface area contributed by atoms with Crippen molar-refractivity contribution >= 4 is 6.29 Å². The van der Waals surface area contributed by atoms with Crippen LogP contribution < -0.4 is 0 Å². The molecule has 1 atom stereocenters. The van der Waals surface area contributed by atoms with Gasteiger partial charge in [-0.05, 0) is 0 Å². The van der Waals surface area contributed by atoms with Gasteiger partial charge in [0.05, 0.1) is 6.42 Å². The van der Waals surface area contributed by atoms with Crippen LogP contribution in [0.5, 0.6) is 0 Å². The van der Waals surface area contributed by atoms with E-state index in [2.05, 4.69) is 0 Å². The summed E-state index contributed by atoms with van der Waals surface area (Å²) in [5.41, 5.74) is 0. The van der Waals surface area contributed by atoms with Crippen LogP contribution in [0, 0.1) is 10.1 Å². The zero-order valence-electron chi connectivity index (χ0n) is 4.53. The smallest absolute Gasteiger partial charge is 0.217 e. The third-order valence-corrected chi connectivity index (χ3v) is 0.797. The van der Waals surface area contributed by atoms with Gasteiger partial charge in [-0.25, -0.2) is 0 Å². The quantitative estimate of drug-likeness (QED) is 0.302. The lowest BCUT2D eigenvalue weighted by Crippen LogP contribution is -2.14. The Kier molecular flexibility index (Phi) is 2.76. The number of nitro groups is 1. The van der Waals surface area contributed by atoms with E-state index in [-0.39, 0.29) is 6.42 Å². The second-order valence-electron chi connectivity index (χ2n) is 1.54. The molecule has 0 bridgehead atoms. The van der Waals surface area contributed by atoms with Crippen molar-refractivity contribution in [1.29, 1.82) is 0 Å². The third-order valence-electron chi connectivity index (χ3n) is 0.797. The SMILES string of the molecule is CC(CC=O)[N+](=O)[O-]. The highest BCUT2D eigenvalue weighted by molar-refractivity contribution is 5.49. The van der Waals surface area contributed by atoms with Crippen LogP contribution in [0.25, 0.3) is 0 Å². The summed E-state index contributed by atoms with van der Waals surface area (Å²) in [5.74, 6) is 0. The number of hydrogen-bond acceptors (Lipinski definition) is 3. The van der Waals surface area contributed by atoms with Crippen molar-refractivity contribution in [1.82, 2.24) is 0 Å². The van der Waals surface area contributed by atoms with Crippen LogP contribution in [0.15, 0.2) is 0 Å². The minimum absolute atomic E-state index is 0.00694. The van der Waals surface area contributed by atoms with Crippen LogP contribution >= 0.6 is 0 Å². The van der Waals surface area contributed by atoms with Crippen LogP contribution in [0.2, 0.25) is 0 Å². The molecule has 0 aliphatic heterocycles. The van der Waals surface area contributed by atoms with Gasteiger partial charge in [0.1, 0.15) is 6.29 Å². The Balaban J connectivity index is 3.46. The van der Waals surface area contributed by atoms with Crippen molar-refractivity contribution in [3.05, 3.63) is 10.1 Å². The lowest BCUT2D eigenvalue weighted by molar-refractivity contribution is -0.516. The first-order valence-corrected chi connectivity index (χ1v) is 2.25. The molecule has 46 valence electrons. The highest BCUT2D eigenvalue weighted by Gasteiger charge is 2.09. The highest BCUT2D eigenvalue weighted by Crippen LogP contribution is 1.89. The van der Waals surface area contributed by atoms with Crippen molar-refractivity contribution in [2.45, 2.75) is 19.4 Å². The van der Waals surface area contributed by atoms with Gasteiger partial charge >= 0.3 is 0 Å². The molecular formula is C4H7NO3. The van der Waals surface area contributed by atoms with Crippen LogP contribution in [-0.4, -0.2) is 17.3 Å². The maximum absolute atomic E-state index is 9.74. The van der Waals surface area contributed by atoms with Crippen molar-refractivity contribution in [3.8, 4) is 0 Å². The van der Waals surface area contributed by atoms with E-state index in [0.29, 0.717) is 6.29 Å². The summed E-state index contributed by atoms with van der Waals surface area (Å²) in [6.07, 6.45) is 0.556. The molecule has 1 unspecified atom stereocenters. The predicted molar refractivity (Wildman–Crippen MR) is 27.1 cm³/mol. The van der Waals surface area contributed by atoms with Crippen LogP contribution in [0.4, 0.5) is 0 Å². The molecule has 0 spiro atoms. The molecule has 0 fully saturated rings. The molecule has 8 heavy (non-hydrogen) atoms. The first-order chi connectivity index (χ1) is 3.68. The first kappa shape index (κ1) is 7.07. The number of hydrogen-bond donors (Lipinski definition) is 0. The van der Waals surface area contributed by atoms with E-state index in [1.54, 1.807) is 0 Å². The Labute approximate surface area is 46.6 Å². The van der Waals surface area contributed by atoms with Crippen molar-refractivity contribution in [3.63, 3.8) is 0 Å². The summed E-state index contributed by atoms with van der Waals surface area (Å²) in [6.45, 7) is 1.40. The van der Waals surface area contributed by atoms with Gasteiger partial charge in [-0.3, -0.25) is 10.1 Å². The molecule has 0 saturated heterocycles. The summed E-state index contributed by atoms with van der Waals surface area (Å²) in [5, 5.41) is 9.74. The first-order valence-electron chi connectivity index (χ1n) is 2.25. The van der Waals surface area contributed by atoms with Gasteiger partial charge in [-0.1, -0.05) is 0 Å². The molecule has 4 nitrogen and oxygen atoms in total. The normalized spacial score (nSPS) is 12.6. The Hall–Kier alpha value is -0.930. The Morgan fingerprint density at radius 2 is 2.38 bits per heavy atom. The van der Waals surface area contributed by atoms with E-state index in [0.717, 1.165) is 0 Å². The zero-order valence-corrected chi connectivity index (χ0v) is 4.53.